The number of hydrogen-bond donors (Lipinski definition) is 1. The van der Waals surface area contributed by atoms with E-state index < -0.39 is 11.9 Å². The van der Waals surface area contributed by atoms with E-state index in [9.17, 15) is 9.90 Å². The maximum atomic E-state index is 11.3. The van der Waals surface area contributed by atoms with Crippen molar-refractivity contribution in [1.29, 1.82) is 0 Å². The Bertz CT molecular complexity index is 623. The monoisotopic (exact) mass is 259 g/mol. The first kappa shape index (κ1) is 11.7. The Morgan fingerprint density at radius 2 is 2.26 bits per heavy atom. The van der Waals surface area contributed by atoms with E-state index in [1.807, 2.05) is 29.2 Å². The van der Waals surface area contributed by atoms with Crippen molar-refractivity contribution < 1.29 is 14.3 Å². The summed E-state index contributed by atoms with van der Waals surface area (Å²) in [6.07, 6.45) is 0. The normalized spacial score (nSPS) is 17.5. The summed E-state index contributed by atoms with van der Waals surface area (Å²) in [5.41, 5.74) is 1.76. The second-order valence-corrected chi connectivity index (χ2v) is 4.54. The standard InChI is InChI=1S/C13H13N3O3/c1-8-14-15-12(19-8)7-16-6-10(13(17)18)9-4-2-3-5-11(9)16/h2-5,10H,6-7H2,1H3,(H,17,18). The van der Waals surface area contributed by atoms with Crippen molar-refractivity contribution in [2.45, 2.75) is 19.4 Å². The minimum Gasteiger partial charge on any atom is -0.481 e. The molecule has 1 unspecified atom stereocenters. The second-order valence-electron chi connectivity index (χ2n) is 4.54. The van der Waals surface area contributed by atoms with Crippen LogP contribution in [0.15, 0.2) is 28.7 Å². The minimum atomic E-state index is -0.809. The van der Waals surface area contributed by atoms with E-state index >= 15 is 0 Å². The predicted molar refractivity (Wildman–Crippen MR) is 66.9 cm³/mol. The van der Waals surface area contributed by atoms with Gasteiger partial charge in [-0.2, -0.15) is 0 Å². The number of carboxylic acids is 1. The quantitative estimate of drug-likeness (QED) is 0.901. The van der Waals surface area contributed by atoms with Crippen LogP contribution >= 0.6 is 0 Å². The molecule has 1 N–H and O–H groups in total. The lowest BCUT2D eigenvalue weighted by Gasteiger charge is -2.16. The van der Waals surface area contributed by atoms with Gasteiger partial charge < -0.3 is 14.4 Å². The lowest BCUT2D eigenvalue weighted by molar-refractivity contribution is -0.138. The highest BCUT2D eigenvalue weighted by Crippen LogP contribution is 2.36. The summed E-state index contributed by atoms with van der Waals surface area (Å²) in [6.45, 7) is 2.59. The van der Waals surface area contributed by atoms with E-state index in [1.54, 1.807) is 6.92 Å². The van der Waals surface area contributed by atoms with Gasteiger partial charge in [-0.1, -0.05) is 18.2 Å². The molecule has 0 amide bonds. The number of nitrogens with zero attached hydrogens (tertiary/aromatic N) is 3. The summed E-state index contributed by atoms with van der Waals surface area (Å²) < 4.78 is 5.34. The van der Waals surface area contributed by atoms with E-state index in [-0.39, 0.29) is 0 Å². The van der Waals surface area contributed by atoms with E-state index in [1.165, 1.54) is 0 Å². The molecule has 2 aromatic rings. The Kier molecular flexibility index (Phi) is 2.70. The lowest BCUT2D eigenvalue weighted by atomic mass is 10.0. The summed E-state index contributed by atoms with van der Waals surface area (Å²) in [5.74, 6) is -0.299. The number of aliphatic carboxylic acids is 1. The number of para-hydroxylation sites is 1. The van der Waals surface area contributed by atoms with Gasteiger partial charge in [0.05, 0.1) is 6.54 Å². The average Bonchev–Trinajstić information content (AvgIpc) is 2.95. The maximum Gasteiger partial charge on any atom is 0.312 e. The first-order valence-electron chi connectivity index (χ1n) is 6.01. The largest absolute Gasteiger partial charge is 0.481 e. The van der Waals surface area contributed by atoms with Crippen LogP contribution in [0.25, 0.3) is 0 Å². The van der Waals surface area contributed by atoms with Crippen molar-refractivity contribution >= 4 is 11.7 Å². The zero-order chi connectivity index (χ0) is 13.4. The van der Waals surface area contributed by atoms with Gasteiger partial charge in [0, 0.05) is 19.2 Å². The topological polar surface area (TPSA) is 79.5 Å². The molecular weight excluding hydrogens is 246 g/mol. The van der Waals surface area contributed by atoms with Crippen molar-refractivity contribution in [3.8, 4) is 0 Å². The van der Waals surface area contributed by atoms with Gasteiger partial charge in [0.15, 0.2) is 0 Å². The molecular formula is C13H13N3O3. The lowest BCUT2D eigenvalue weighted by Crippen LogP contribution is -2.24. The first-order valence-corrected chi connectivity index (χ1v) is 6.01. The van der Waals surface area contributed by atoms with Gasteiger partial charge in [-0.25, -0.2) is 0 Å². The highest BCUT2D eigenvalue weighted by molar-refractivity contribution is 5.82. The Labute approximate surface area is 109 Å². The number of hydrogen-bond acceptors (Lipinski definition) is 5. The maximum absolute atomic E-state index is 11.3. The highest BCUT2D eigenvalue weighted by Gasteiger charge is 2.33. The van der Waals surface area contributed by atoms with E-state index in [4.69, 9.17) is 4.42 Å². The van der Waals surface area contributed by atoms with Gasteiger partial charge in [0.25, 0.3) is 0 Å². The summed E-state index contributed by atoms with van der Waals surface area (Å²) in [5, 5.41) is 17.0. The van der Waals surface area contributed by atoms with Gasteiger partial charge in [-0.3, -0.25) is 4.79 Å². The first-order chi connectivity index (χ1) is 9.15. The van der Waals surface area contributed by atoms with Crippen LogP contribution in [0.1, 0.15) is 23.3 Å². The summed E-state index contributed by atoms with van der Waals surface area (Å²) in [6, 6.07) is 7.53. The molecule has 0 radical (unpaired) electrons. The molecule has 6 nitrogen and oxygen atoms in total. The van der Waals surface area contributed by atoms with Crippen LogP contribution in [0.4, 0.5) is 5.69 Å². The van der Waals surface area contributed by atoms with Gasteiger partial charge in [-0.15, -0.1) is 10.2 Å². The fraction of sp³-hybridized carbons (Fsp3) is 0.308. The third-order valence-electron chi connectivity index (χ3n) is 3.25. The van der Waals surface area contributed by atoms with Crippen molar-refractivity contribution in [2.24, 2.45) is 0 Å². The number of benzene rings is 1. The van der Waals surface area contributed by atoms with Crippen molar-refractivity contribution in [3.05, 3.63) is 41.6 Å². The fourth-order valence-corrected chi connectivity index (χ4v) is 2.41. The Hall–Kier alpha value is -2.37. The zero-order valence-corrected chi connectivity index (χ0v) is 10.4. The average molecular weight is 259 g/mol. The van der Waals surface area contributed by atoms with Crippen LogP contribution in [-0.4, -0.2) is 27.8 Å². The molecule has 6 heteroatoms. The highest BCUT2D eigenvalue weighted by atomic mass is 16.4. The Balaban J connectivity index is 1.90. The third-order valence-corrected chi connectivity index (χ3v) is 3.25. The number of rotatable bonds is 3. The molecule has 1 aromatic heterocycles. The van der Waals surface area contributed by atoms with Crippen LogP contribution in [0.2, 0.25) is 0 Å². The molecule has 98 valence electrons. The number of fused-ring (bicyclic) bond motifs is 1. The summed E-state index contributed by atoms with van der Waals surface area (Å²) >= 11 is 0. The summed E-state index contributed by atoms with van der Waals surface area (Å²) in [7, 11) is 0. The molecule has 0 saturated heterocycles. The molecule has 1 atom stereocenters. The van der Waals surface area contributed by atoms with E-state index in [0.29, 0.717) is 24.9 Å². The molecule has 1 aliphatic heterocycles. The number of aryl methyl sites for hydroxylation is 1. The number of aromatic nitrogens is 2. The molecule has 0 spiro atoms. The Morgan fingerprint density at radius 1 is 1.47 bits per heavy atom. The minimum absolute atomic E-state index is 0.427. The zero-order valence-electron chi connectivity index (χ0n) is 10.4. The smallest absolute Gasteiger partial charge is 0.312 e. The number of carboxylic acid groups (broad SMARTS) is 1. The van der Waals surface area contributed by atoms with Gasteiger partial charge >= 0.3 is 5.97 Å². The number of anilines is 1. The van der Waals surface area contributed by atoms with E-state index in [0.717, 1.165) is 11.3 Å². The van der Waals surface area contributed by atoms with Crippen LogP contribution in [0, 0.1) is 6.92 Å². The molecule has 0 bridgehead atoms. The van der Waals surface area contributed by atoms with Crippen LogP contribution in [0.5, 0.6) is 0 Å². The van der Waals surface area contributed by atoms with Crippen LogP contribution in [-0.2, 0) is 11.3 Å². The number of carbonyl (C=O) groups is 1. The summed E-state index contributed by atoms with van der Waals surface area (Å²) in [4.78, 5) is 13.2. The van der Waals surface area contributed by atoms with E-state index in [2.05, 4.69) is 10.2 Å². The molecule has 3 rings (SSSR count). The van der Waals surface area contributed by atoms with Gasteiger partial charge in [0.2, 0.25) is 11.8 Å². The third kappa shape index (κ3) is 2.05. The van der Waals surface area contributed by atoms with Crippen molar-refractivity contribution in [3.63, 3.8) is 0 Å². The molecule has 2 heterocycles. The predicted octanol–water partition coefficient (Wildman–Crippen LogP) is 1.57. The van der Waals surface area contributed by atoms with Crippen LogP contribution < -0.4 is 4.90 Å². The molecule has 19 heavy (non-hydrogen) atoms. The van der Waals surface area contributed by atoms with Crippen LogP contribution in [0.3, 0.4) is 0 Å². The van der Waals surface area contributed by atoms with Crippen molar-refractivity contribution in [1.82, 2.24) is 10.2 Å². The Morgan fingerprint density at radius 3 is 2.95 bits per heavy atom. The molecule has 0 fully saturated rings. The fourth-order valence-electron chi connectivity index (χ4n) is 2.41. The van der Waals surface area contributed by atoms with Crippen molar-refractivity contribution in [2.75, 3.05) is 11.4 Å². The molecule has 0 aliphatic carbocycles. The molecule has 0 saturated carbocycles. The second kappa shape index (κ2) is 4.38. The SMILES string of the molecule is Cc1nnc(CN2CC(C(=O)O)c3ccccc32)o1. The molecule has 1 aromatic carbocycles. The molecule has 1 aliphatic rings. The van der Waals surface area contributed by atoms with Gasteiger partial charge in [0.1, 0.15) is 5.92 Å². The van der Waals surface area contributed by atoms with Gasteiger partial charge in [-0.05, 0) is 11.6 Å².